The van der Waals surface area contributed by atoms with E-state index in [1.807, 2.05) is 0 Å². The van der Waals surface area contributed by atoms with E-state index < -0.39 is 8.03 Å². The molecule has 1 unspecified atom stereocenters. The molecule has 0 radical (unpaired) electrons. The van der Waals surface area contributed by atoms with Gasteiger partial charge in [0.1, 0.15) is 0 Å². The minimum atomic E-state index is -2.18. The smallest absolute Gasteiger partial charge is 0.189 e. The molecule has 0 spiro atoms. The monoisotopic (exact) mass is 230 g/mol. The van der Waals surface area contributed by atoms with E-state index in [1.165, 1.54) is 25.7 Å². The maximum atomic E-state index is 10.3. The van der Waals surface area contributed by atoms with Crippen LogP contribution in [0.4, 0.5) is 0 Å². The second-order valence-electron chi connectivity index (χ2n) is 2.91. The van der Waals surface area contributed by atoms with Crippen LogP contribution in [0.15, 0.2) is 0 Å². The van der Waals surface area contributed by atoms with Crippen molar-refractivity contribution in [2.45, 2.75) is 45.4 Å². The van der Waals surface area contributed by atoms with Crippen molar-refractivity contribution in [3.8, 4) is 0 Å². The summed E-state index contributed by atoms with van der Waals surface area (Å²) >= 11 is 0. The molecule has 0 aliphatic heterocycles. The molecule has 1 atom stereocenters. The zero-order valence-electron chi connectivity index (χ0n) is 7.71. The fraction of sp³-hybridized carbons (Fsp3) is 1.00. The van der Waals surface area contributed by atoms with Gasteiger partial charge in [-0.2, -0.15) is 0 Å². The molecule has 74 valence electrons. The summed E-state index contributed by atoms with van der Waals surface area (Å²) in [6.45, 7) is 2.19. The largest absolute Gasteiger partial charge is 0.346 e. The van der Waals surface area contributed by atoms with Crippen LogP contribution in [0.3, 0.4) is 0 Å². The normalized spacial score (nSPS) is 12.2. The van der Waals surface area contributed by atoms with Crippen LogP contribution in [-0.4, -0.2) is 11.1 Å². The number of hydrogen-bond acceptors (Lipinski definition) is 1. The van der Waals surface area contributed by atoms with Gasteiger partial charge in [0, 0.05) is 23.5 Å². The van der Waals surface area contributed by atoms with Gasteiger partial charge in [0.15, 0.2) is 8.03 Å². The van der Waals surface area contributed by atoms with Gasteiger partial charge in [-0.3, -0.25) is 4.57 Å². The van der Waals surface area contributed by atoms with Crippen molar-refractivity contribution >= 4 is 8.03 Å². The van der Waals surface area contributed by atoms with Crippen LogP contribution in [0.5, 0.6) is 0 Å². The molecule has 0 aliphatic carbocycles. The average Bonchev–Trinajstić information content (AvgIpc) is 1.96. The third kappa shape index (κ3) is 13.3. The predicted octanol–water partition coefficient (Wildman–Crippen LogP) is 2.81. The van der Waals surface area contributed by atoms with E-state index in [4.69, 9.17) is 4.89 Å². The van der Waals surface area contributed by atoms with E-state index in [0.29, 0.717) is 6.16 Å². The first kappa shape index (κ1) is 15.2. The molecule has 0 aromatic carbocycles. The summed E-state index contributed by atoms with van der Waals surface area (Å²) in [6, 6.07) is 0. The van der Waals surface area contributed by atoms with Gasteiger partial charge in [-0.1, -0.05) is 39.0 Å². The van der Waals surface area contributed by atoms with Crippen LogP contribution in [0.1, 0.15) is 45.4 Å². The van der Waals surface area contributed by atoms with Gasteiger partial charge >= 0.3 is 0 Å². The Kier molecular flexibility index (Phi) is 14.9. The van der Waals surface area contributed by atoms with E-state index in [9.17, 15) is 4.57 Å². The van der Waals surface area contributed by atoms with Gasteiger partial charge in [-0.05, 0) is 6.42 Å². The number of unbranched alkanes of at least 4 members (excludes halogenated alkanes) is 5. The Morgan fingerprint density at radius 1 is 1.08 bits per heavy atom. The van der Waals surface area contributed by atoms with Gasteiger partial charge < -0.3 is 4.89 Å². The predicted molar refractivity (Wildman–Crippen MR) is 49.5 cm³/mol. The van der Waals surface area contributed by atoms with Crippen LogP contribution >= 0.6 is 8.03 Å². The molecule has 0 saturated heterocycles. The van der Waals surface area contributed by atoms with Crippen molar-refractivity contribution in [2.75, 3.05) is 6.16 Å². The molecule has 2 nitrogen and oxygen atoms in total. The van der Waals surface area contributed by atoms with Crippen molar-refractivity contribution in [3.63, 3.8) is 0 Å². The molecule has 12 heavy (non-hydrogen) atoms. The zero-order valence-corrected chi connectivity index (χ0v) is 9.99. The Labute approximate surface area is 86.8 Å². The van der Waals surface area contributed by atoms with Crippen LogP contribution in [-0.2, 0) is 21.9 Å². The molecule has 0 saturated carbocycles. The fourth-order valence-electron chi connectivity index (χ4n) is 1.06. The molecular weight excluding hydrogens is 211 g/mol. The molecule has 0 aliphatic rings. The minimum Gasteiger partial charge on any atom is -0.346 e. The zero-order chi connectivity index (χ0) is 8.53. The van der Waals surface area contributed by atoms with Gasteiger partial charge in [0.2, 0.25) is 0 Å². The Bertz CT molecular complexity index is 109. The maximum absolute atomic E-state index is 10.3. The summed E-state index contributed by atoms with van der Waals surface area (Å²) in [4.78, 5) is 8.50. The molecular formula is C8H19CrO2P. The van der Waals surface area contributed by atoms with Crippen molar-refractivity contribution < 1.29 is 26.8 Å². The maximum Gasteiger partial charge on any atom is 0.189 e. The van der Waals surface area contributed by atoms with E-state index in [-0.39, 0.29) is 17.4 Å². The Morgan fingerprint density at radius 2 is 1.58 bits per heavy atom. The van der Waals surface area contributed by atoms with Gasteiger partial charge in [-0.25, -0.2) is 0 Å². The second-order valence-corrected chi connectivity index (χ2v) is 4.20. The quantitative estimate of drug-likeness (QED) is 0.539. The number of hydrogen-bond donors (Lipinski definition) is 1. The summed E-state index contributed by atoms with van der Waals surface area (Å²) < 4.78 is 10.3. The minimum absolute atomic E-state index is 0. The summed E-state index contributed by atoms with van der Waals surface area (Å²) in [5.74, 6) is 0. The van der Waals surface area contributed by atoms with E-state index in [0.717, 1.165) is 12.8 Å². The first-order valence-electron chi connectivity index (χ1n) is 4.49. The summed E-state index contributed by atoms with van der Waals surface area (Å²) in [5.41, 5.74) is 0. The average molecular weight is 230 g/mol. The van der Waals surface area contributed by atoms with Crippen LogP contribution < -0.4 is 0 Å². The van der Waals surface area contributed by atoms with Crippen molar-refractivity contribution in [3.05, 3.63) is 0 Å². The van der Waals surface area contributed by atoms with Gasteiger partial charge in [0.25, 0.3) is 0 Å². The third-order valence-electron chi connectivity index (χ3n) is 1.74. The molecule has 4 heteroatoms. The van der Waals surface area contributed by atoms with E-state index in [2.05, 4.69) is 6.92 Å². The Morgan fingerprint density at radius 3 is 2.08 bits per heavy atom. The Hall–Kier alpha value is 0.722. The molecule has 0 aromatic heterocycles. The molecule has 0 aromatic rings. The third-order valence-corrected chi connectivity index (χ3v) is 2.53. The van der Waals surface area contributed by atoms with Crippen molar-refractivity contribution in [1.82, 2.24) is 0 Å². The SMILES string of the molecule is CCCCCCCC[PH](=O)O.[Cr]. The topological polar surface area (TPSA) is 37.3 Å². The fourth-order valence-corrected chi connectivity index (χ4v) is 1.61. The van der Waals surface area contributed by atoms with Crippen molar-refractivity contribution in [1.29, 1.82) is 0 Å². The van der Waals surface area contributed by atoms with Crippen LogP contribution in [0.2, 0.25) is 0 Å². The van der Waals surface area contributed by atoms with E-state index in [1.54, 1.807) is 0 Å². The summed E-state index contributed by atoms with van der Waals surface area (Å²) in [5, 5.41) is 0. The molecule has 0 amide bonds. The molecule has 0 rings (SSSR count). The molecule has 1 N–H and O–H groups in total. The van der Waals surface area contributed by atoms with Gasteiger partial charge in [-0.15, -0.1) is 0 Å². The summed E-state index contributed by atoms with van der Waals surface area (Å²) in [6.07, 6.45) is 7.64. The van der Waals surface area contributed by atoms with Gasteiger partial charge in [0.05, 0.1) is 0 Å². The number of rotatable bonds is 7. The van der Waals surface area contributed by atoms with E-state index >= 15 is 0 Å². The molecule has 0 heterocycles. The standard InChI is InChI=1S/C8H19O2P.Cr/c1-2-3-4-5-6-7-8-11(9)10;/h11H,2-8H2,1H3,(H,9,10);. The first-order chi connectivity index (χ1) is 5.27. The molecule has 0 bridgehead atoms. The molecule has 0 fully saturated rings. The Balaban J connectivity index is 0. The van der Waals surface area contributed by atoms with Crippen LogP contribution in [0.25, 0.3) is 0 Å². The first-order valence-corrected chi connectivity index (χ1v) is 6.05. The van der Waals surface area contributed by atoms with Crippen molar-refractivity contribution in [2.24, 2.45) is 0 Å². The van der Waals surface area contributed by atoms with Crippen LogP contribution in [0, 0.1) is 0 Å². The second kappa shape index (κ2) is 11.7. The summed E-state index contributed by atoms with van der Waals surface area (Å²) in [7, 11) is -2.18.